The molecule has 1 aliphatic carbocycles. The fourth-order valence-corrected chi connectivity index (χ4v) is 2.35. The molecule has 1 fully saturated rings. The Hall–Kier alpha value is -0.630. The third kappa shape index (κ3) is 3.45. The van der Waals surface area contributed by atoms with Crippen molar-refractivity contribution < 1.29 is 4.74 Å². The van der Waals surface area contributed by atoms with Crippen LogP contribution >= 0.6 is 12.6 Å². The normalized spacial score (nSPS) is 17.7. The smallest absolute Gasteiger partial charge is 0.120 e. The van der Waals surface area contributed by atoms with E-state index in [0.717, 1.165) is 23.2 Å². The molecule has 0 spiro atoms. The Kier molecular flexibility index (Phi) is 3.95. The third-order valence-electron chi connectivity index (χ3n) is 3.03. The van der Waals surface area contributed by atoms with Crippen LogP contribution in [0.15, 0.2) is 29.2 Å². The van der Waals surface area contributed by atoms with Crippen LogP contribution in [0.5, 0.6) is 5.75 Å². The first-order chi connectivity index (χ1) is 7.34. The van der Waals surface area contributed by atoms with E-state index >= 15 is 0 Å². The highest BCUT2D eigenvalue weighted by molar-refractivity contribution is 7.80. The minimum atomic E-state index is 0.766. The summed E-state index contributed by atoms with van der Waals surface area (Å²) >= 11 is 4.29. The van der Waals surface area contributed by atoms with Crippen LogP contribution in [-0.4, -0.2) is 6.61 Å². The van der Waals surface area contributed by atoms with E-state index < -0.39 is 0 Å². The summed E-state index contributed by atoms with van der Waals surface area (Å²) in [7, 11) is 0. The van der Waals surface area contributed by atoms with E-state index in [-0.39, 0.29) is 0 Å². The largest absolute Gasteiger partial charge is 0.493 e. The quantitative estimate of drug-likeness (QED) is 0.762. The standard InChI is InChI=1S/C13H18OS/c15-13-8-4-7-12(9-13)14-10-11-5-2-1-3-6-11/h4,7-9,11,15H,1-3,5-6,10H2. The van der Waals surface area contributed by atoms with Crippen molar-refractivity contribution in [2.75, 3.05) is 6.61 Å². The van der Waals surface area contributed by atoms with Crippen molar-refractivity contribution in [2.24, 2.45) is 5.92 Å². The van der Waals surface area contributed by atoms with Gasteiger partial charge in [-0.1, -0.05) is 25.3 Å². The van der Waals surface area contributed by atoms with E-state index in [1.54, 1.807) is 0 Å². The van der Waals surface area contributed by atoms with Gasteiger partial charge in [-0.15, -0.1) is 12.6 Å². The van der Waals surface area contributed by atoms with Crippen molar-refractivity contribution in [2.45, 2.75) is 37.0 Å². The number of hydrogen-bond donors (Lipinski definition) is 1. The molecule has 0 N–H and O–H groups in total. The van der Waals surface area contributed by atoms with Crippen molar-refractivity contribution in [1.29, 1.82) is 0 Å². The molecule has 15 heavy (non-hydrogen) atoms. The van der Waals surface area contributed by atoms with Gasteiger partial charge in [0, 0.05) is 4.90 Å². The lowest BCUT2D eigenvalue weighted by Crippen LogP contribution is -2.15. The number of rotatable bonds is 3. The summed E-state index contributed by atoms with van der Waals surface area (Å²) in [5.74, 6) is 1.72. The molecule has 0 unspecified atom stereocenters. The van der Waals surface area contributed by atoms with E-state index in [9.17, 15) is 0 Å². The predicted molar refractivity (Wildman–Crippen MR) is 65.8 cm³/mol. The van der Waals surface area contributed by atoms with E-state index in [2.05, 4.69) is 12.6 Å². The molecule has 0 aromatic heterocycles. The zero-order valence-electron chi connectivity index (χ0n) is 8.98. The van der Waals surface area contributed by atoms with Crippen LogP contribution in [0.4, 0.5) is 0 Å². The van der Waals surface area contributed by atoms with Crippen LogP contribution in [0.25, 0.3) is 0 Å². The second-order valence-electron chi connectivity index (χ2n) is 4.31. The summed E-state index contributed by atoms with van der Waals surface area (Å²) in [6.07, 6.45) is 6.82. The van der Waals surface area contributed by atoms with Crippen LogP contribution in [0, 0.1) is 5.92 Å². The van der Waals surface area contributed by atoms with E-state index in [0.29, 0.717) is 0 Å². The lowest BCUT2D eigenvalue weighted by Gasteiger charge is -2.21. The van der Waals surface area contributed by atoms with E-state index in [4.69, 9.17) is 4.74 Å². The second kappa shape index (κ2) is 5.45. The minimum Gasteiger partial charge on any atom is -0.493 e. The molecular formula is C13H18OS. The minimum absolute atomic E-state index is 0.766. The number of ether oxygens (including phenoxy) is 1. The molecule has 0 amide bonds. The molecule has 2 rings (SSSR count). The average molecular weight is 222 g/mol. The maximum atomic E-state index is 5.78. The summed E-state index contributed by atoms with van der Waals surface area (Å²) in [5.41, 5.74) is 0. The Morgan fingerprint density at radius 2 is 2.00 bits per heavy atom. The van der Waals surface area contributed by atoms with Gasteiger partial charge >= 0.3 is 0 Å². The first-order valence-corrected chi connectivity index (χ1v) is 6.21. The summed E-state index contributed by atoms with van der Waals surface area (Å²) in [6, 6.07) is 7.93. The molecule has 0 heterocycles. The van der Waals surface area contributed by atoms with Gasteiger partial charge in [0.05, 0.1) is 6.61 Å². The summed E-state index contributed by atoms with van der Waals surface area (Å²) in [4.78, 5) is 0.969. The first kappa shape index (κ1) is 10.9. The molecule has 0 bridgehead atoms. The van der Waals surface area contributed by atoms with Gasteiger partial charge in [-0.2, -0.15) is 0 Å². The zero-order valence-corrected chi connectivity index (χ0v) is 9.88. The molecule has 0 radical (unpaired) electrons. The lowest BCUT2D eigenvalue weighted by atomic mass is 9.90. The van der Waals surface area contributed by atoms with Gasteiger partial charge in [-0.3, -0.25) is 0 Å². The Morgan fingerprint density at radius 1 is 1.20 bits per heavy atom. The highest BCUT2D eigenvalue weighted by Crippen LogP contribution is 2.25. The Balaban J connectivity index is 1.81. The summed E-state index contributed by atoms with van der Waals surface area (Å²) in [6.45, 7) is 0.872. The van der Waals surface area contributed by atoms with Gasteiger partial charge in [0.1, 0.15) is 5.75 Å². The SMILES string of the molecule is Sc1cccc(OCC2CCCCC2)c1. The Labute approximate surface area is 97.2 Å². The highest BCUT2D eigenvalue weighted by Gasteiger charge is 2.13. The maximum Gasteiger partial charge on any atom is 0.120 e. The Bertz CT molecular complexity index is 305. The van der Waals surface area contributed by atoms with Crippen LogP contribution in [-0.2, 0) is 0 Å². The second-order valence-corrected chi connectivity index (χ2v) is 4.83. The monoisotopic (exact) mass is 222 g/mol. The van der Waals surface area contributed by atoms with E-state index in [1.165, 1.54) is 32.1 Å². The molecule has 0 aliphatic heterocycles. The molecule has 2 heteroatoms. The van der Waals surface area contributed by atoms with Crippen molar-refractivity contribution in [3.8, 4) is 5.75 Å². The summed E-state index contributed by atoms with van der Waals surface area (Å²) in [5, 5.41) is 0. The third-order valence-corrected chi connectivity index (χ3v) is 3.31. The van der Waals surface area contributed by atoms with Crippen LogP contribution < -0.4 is 4.74 Å². The highest BCUT2D eigenvalue weighted by atomic mass is 32.1. The van der Waals surface area contributed by atoms with Gasteiger partial charge in [-0.05, 0) is 37.0 Å². The van der Waals surface area contributed by atoms with Crippen LogP contribution in [0.2, 0.25) is 0 Å². The number of thiol groups is 1. The predicted octanol–water partition coefficient (Wildman–Crippen LogP) is 3.93. The molecule has 1 aromatic carbocycles. The fourth-order valence-electron chi connectivity index (χ4n) is 2.14. The summed E-state index contributed by atoms with van der Waals surface area (Å²) < 4.78 is 5.78. The molecule has 1 saturated carbocycles. The van der Waals surface area contributed by atoms with Crippen molar-refractivity contribution in [3.63, 3.8) is 0 Å². The lowest BCUT2D eigenvalue weighted by molar-refractivity contribution is 0.208. The van der Waals surface area contributed by atoms with Crippen LogP contribution in [0.3, 0.4) is 0 Å². The van der Waals surface area contributed by atoms with Gasteiger partial charge in [0.2, 0.25) is 0 Å². The molecule has 1 aliphatic rings. The van der Waals surface area contributed by atoms with E-state index in [1.807, 2.05) is 24.3 Å². The molecule has 82 valence electrons. The zero-order chi connectivity index (χ0) is 10.5. The first-order valence-electron chi connectivity index (χ1n) is 5.76. The van der Waals surface area contributed by atoms with Crippen molar-refractivity contribution in [3.05, 3.63) is 24.3 Å². The number of benzene rings is 1. The maximum absolute atomic E-state index is 5.78. The van der Waals surface area contributed by atoms with Gasteiger partial charge in [-0.25, -0.2) is 0 Å². The molecular weight excluding hydrogens is 204 g/mol. The molecule has 1 aromatic rings. The molecule has 1 nitrogen and oxygen atoms in total. The van der Waals surface area contributed by atoms with Gasteiger partial charge in [0.15, 0.2) is 0 Å². The number of hydrogen-bond acceptors (Lipinski definition) is 2. The van der Waals surface area contributed by atoms with Gasteiger partial charge < -0.3 is 4.74 Å². The average Bonchev–Trinajstić information content (AvgIpc) is 2.28. The Morgan fingerprint density at radius 3 is 2.73 bits per heavy atom. The molecule has 0 saturated heterocycles. The molecule has 0 atom stereocenters. The fraction of sp³-hybridized carbons (Fsp3) is 0.538. The van der Waals surface area contributed by atoms with Crippen molar-refractivity contribution in [1.82, 2.24) is 0 Å². The van der Waals surface area contributed by atoms with Crippen molar-refractivity contribution >= 4 is 12.6 Å². The topological polar surface area (TPSA) is 9.23 Å². The van der Waals surface area contributed by atoms with Crippen LogP contribution in [0.1, 0.15) is 32.1 Å². The van der Waals surface area contributed by atoms with Gasteiger partial charge in [0.25, 0.3) is 0 Å².